The van der Waals surface area contributed by atoms with E-state index in [0.29, 0.717) is 61.0 Å². The molecule has 0 aliphatic rings. The number of phenolic OH excluding ortho intramolecular Hbond substituents is 3. The molecule has 0 bridgehead atoms. The Morgan fingerprint density at radius 3 is 1.76 bits per heavy atom. The molecular formula is C38H24N6O4S. The lowest BCUT2D eigenvalue weighted by Gasteiger charge is -2.26. The molecule has 0 unspecified atom stereocenters. The molecule has 9 rings (SSSR count). The average molecular weight is 661 g/mol. The van der Waals surface area contributed by atoms with Crippen LogP contribution in [-0.2, 0) is 0 Å². The van der Waals surface area contributed by atoms with Gasteiger partial charge in [0.05, 0.1) is 21.3 Å². The maximum atomic E-state index is 11.3. The van der Waals surface area contributed by atoms with E-state index in [0.717, 1.165) is 10.2 Å². The highest BCUT2D eigenvalue weighted by molar-refractivity contribution is 7.21. The summed E-state index contributed by atoms with van der Waals surface area (Å²) in [4.78, 5) is 12.5. The Kier molecular flexibility index (Phi) is 6.52. The Labute approximate surface area is 282 Å². The van der Waals surface area contributed by atoms with Crippen LogP contribution in [0.5, 0.6) is 17.2 Å². The summed E-state index contributed by atoms with van der Waals surface area (Å²) in [5, 5.41) is 43.6. The number of rotatable bonds is 6. The molecule has 3 heterocycles. The lowest BCUT2D eigenvalue weighted by Crippen LogP contribution is -2.10. The van der Waals surface area contributed by atoms with Gasteiger partial charge in [-0.25, -0.2) is 9.97 Å². The molecule has 10 nitrogen and oxygen atoms in total. The van der Waals surface area contributed by atoms with Gasteiger partial charge in [0.1, 0.15) is 44.5 Å². The van der Waals surface area contributed by atoms with Gasteiger partial charge in [0, 0.05) is 35.3 Å². The summed E-state index contributed by atoms with van der Waals surface area (Å²) in [7, 11) is 0. The molecule has 3 aromatic heterocycles. The third-order valence-electron chi connectivity index (χ3n) is 8.25. The molecule has 0 spiro atoms. The van der Waals surface area contributed by atoms with Crippen LogP contribution in [0.25, 0.3) is 60.1 Å². The van der Waals surface area contributed by atoms with Crippen LogP contribution in [-0.4, -0.2) is 40.3 Å². The molecule has 0 amide bonds. The number of aromatic nitrogens is 5. The van der Waals surface area contributed by atoms with Gasteiger partial charge in [0.25, 0.3) is 0 Å². The number of benzene rings is 6. The van der Waals surface area contributed by atoms with E-state index in [1.165, 1.54) is 16.1 Å². The second kappa shape index (κ2) is 11.2. The quantitative estimate of drug-likeness (QED) is 0.160. The molecule has 0 atom stereocenters. The van der Waals surface area contributed by atoms with Crippen molar-refractivity contribution in [3.05, 3.63) is 127 Å². The molecule has 9 aromatic rings. The van der Waals surface area contributed by atoms with Gasteiger partial charge >= 0.3 is 0 Å². The van der Waals surface area contributed by atoms with Crippen molar-refractivity contribution in [3.8, 4) is 45.0 Å². The van der Waals surface area contributed by atoms with Gasteiger partial charge in [-0.1, -0.05) is 36.4 Å². The second-order valence-corrected chi connectivity index (χ2v) is 12.4. The summed E-state index contributed by atoms with van der Waals surface area (Å²) in [6, 6.07) is 38.3. The van der Waals surface area contributed by atoms with Crippen molar-refractivity contribution in [2.45, 2.75) is 0 Å². The third kappa shape index (κ3) is 4.96. The van der Waals surface area contributed by atoms with Gasteiger partial charge in [-0.15, -0.1) is 26.3 Å². The molecule has 3 N–H and O–H groups in total. The summed E-state index contributed by atoms with van der Waals surface area (Å²) < 4.78 is 6.94. The van der Waals surface area contributed by atoms with Crippen molar-refractivity contribution >= 4 is 60.7 Å². The molecule has 11 heteroatoms. The Morgan fingerprint density at radius 2 is 1.12 bits per heavy atom. The van der Waals surface area contributed by atoms with Crippen molar-refractivity contribution in [2.75, 3.05) is 4.90 Å². The number of hydrogen-bond donors (Lipinski definition) is 3. The molecule has 49 heavy (non-hydrogen) atoms. The second-order valence-electron chi connectivity index (χ2n) is 11.4. The summed E-state index contributed by atoms with van der Waals surface area (Å²) in [5.41, 5.74) is 6.64. The zero-order valence-electron chi connectivity index (χ0n) is 25.5. The number of fused-ring (bicyclic) bond motifs is 3. The lowest BCUT2D eigenvalue weighted by molar-refractivity contribution is 0.468. The molecule has 0 aliphatic heterocycles. The predicted molar refractivity (Wildman–Crippen MR) is 190 cm³/mol. The molecule has 0 aliphatic carbocycles. The van der Waals surface area contributed by atoms with Crippen LogP contribution in [0, 0.1) is 0 Å². The fraction of sp³-hybridized carbons (Fsp3) is 0. The zero-order chi connectivity index (χ0) is 33.1. The maximum Gasteiger partial charge on any atom is 0.231 e. The van der Waals surface area contributed by atoms with Crippen molar-refractivity contribution in [1.82, 2.24) is 25.0 Å². The number of thiazole rings is 1. The number of nitrogens with zero attached hydrogens (tertiary/aromatic N) is 6. The van der Waals surface area contributed by atoms with E-state index in [-0.39, 0.29) is 23.1 Å². The van der Waals surface area contributed by atoms with Crippen molar-refractivity contribution in [2.24, 2.45) is 0 Å². The van der Waals surface area contributed by atoms with Crippen LogP contribution in [0.2, 0.25) is 0 Å². The fourth-order valence-corrected chi connectivity index (χ4v) is 6.89. The molecule has 0 radical (unpaired) electrons. The number of oxazole rings is 1. The summed E-state index contributed by atoms with van der Waals surface area (Å²) in [5.74, 6) is 0.195. The number of phenols is 3. The number of hydrogen-bond acceptors (Lipinski definition) is 10. The molecule has 236 valence electrons. The molecular weight excluding hydrogens is 637 g/mol. The van der Waals surface area contributed by atoms with Crippen molar-refractivity contribution < 1.29 is 19.7 Å². The Bertz CT molecular complexity index is 2310. The van der Waals surface area contributed by atoms with E-state index < -0.39 is 0 Å². The van der Waals surface area contributed by atoms with Crippen LogP contribution < -0.4 is 4.90 Å². The summed E-state index contributed by atoms with van der Waals surface area (Å²) in [6.45, 7) is 0. The first-order valence-electron chi connectivity index (χ1n) is 15.3. The van der Waals surface area contributed by atoms with E-state index in [9.17, 15) is 15.3 Å². The zero-order valence-corrected chi connectivity index (χ0v) is 26.3. The Hall–Kier alpha value is -6.72. The third-order valence-corrected chi connectivity index (χ3v) is 9.32. The maximum absolute atomic E-state index is 11.3. The van der Waals surface area contributed by atoms with E-state index in [1.54, 1.807) is 30.3 Å². The number of anilines is 3. The van der Waals surface area contributed by atoms with Crippen LogP contribution in [0.4, 0.5) is 17.1 Å². The molecule has 0 fully saturated rings. The minimum absolute atomic E-state index is 0.0298. The smallest absolute Gasteiger partial charge is 0.231 e. The highest BCUT2D eigenvalue weighted by atomic mass is 32.1. The summed E-state index contributed by atoms with van der Waals surface area (Å²) in [6.07, 6.45) is 0. The average Bonchev–Trinajstić information content (AvgIpc) is 3.85. The van der Waals surface area contributed by atoms with Crippen LogP contribution >= 0.6 is 11.3 Å². The van der Waals surface area contributed by atoms with Crippen LogP contribution in [0.1, 0.15) is 0 Å². The monoisotopic (exact) mass is 660 g/mol. The van der Waals surface area contributed by atoms with Crippen molar-refractivity contribution in [3.63, 3.8) is 0 Å². The Morgan fingerprint density at radius 1 is 0.551 bits per heavy atom. The van der Waals surface area contributed by atoms with Crippen LogP contribution in [0.3, 0.4) is 0 Å². The molecule has 0 saturated heterocycles. The van der Waals surface area contributed by atoms with Crippen LogP contribution in [0.15, 0.2) is 132 Å². The van der Waals surface area contributed by atoms with E-state index in [1.807, 2.05) is 102 Å². The van der Waals surface area contributed by atoms with Gasteiger partial charge in [-0.3, -0.25) is 0 Å². The first kappa shape index (κ1) is 28.5. The number of aromatic hydroxyl groups is 3. The summed E-state index contributed by atoms with van der Waals surface area (Å²) >= 11 is 1.50. The minimum atomic E-state index is -0.0644. The van der Waals surface area contributed by atoms with Gasteiger partial charge in [0.2, 0.25) is 5.89 Å². The largest absolute Gasteiger partial charge is 0.507 e. The number of para-hydroxylation sites is 3. The molecule has 6 aromatic carbocycles. The first-order chi connectivity index (χ1) is 24.0. The van der Waals surface area contributed by atoms with E-state index in [2.05, 4.69) is 15.2 Å². The minimum Gasteiger partial charge on any atom is -0.507 e. The SMILES string of the molecule is Oc1cc(N(c2ccc(-c3nc4ccccc4s3)c(O)c2)c2ccc(-n3nc4ccccc4n3)c(O)c2)ccc1-c1nc2ccccc2o1. The highest BCUT2D eigenvalue weighted by Gasteiger charge is 2.21. The van der Waals surface area contributed by atoms with Crippen molar-refractivity contribution in [1.29, 1.82) is 0 Å². The van der Waals surface area contributed by atoms with E-state index >= 15 is 0 Å². The Balaban J connectivity index is 1.15. The predicted octanol–water partition coefficient (Wildman–Crippen LogP) is 9.09. The van der Waals surface area contributed by atoms with Gasteiger partial charge in [0.15, 0.2) is 5.58 Å². The normalized spacial score (nSPS) is 11.5. The first-order valence-corrected chi connectivity index (χ1v) is 16.1. The lowest BCUT2D eigenvalue weighted by atomic mass is 10.1. The highest BCUT2D eigenvalue weighted by Crippen LogP contribution is 2.44. The fourth-order valence-electron chi connectivity index (χ4n) is 5.89. The van der Waals surface area contributed by atoms with Gasteiger partial charge < -0.3 is 24.6 Å². The van der Waals surface area contributed by atoms with E-state index in [4.69, 9.17) is 9.40 Å². The van der Waals surface area contributed by atoms with Gasteiger partial charge in [-0.2, -0.15) is 0 Å². The van der Waals surface area contributed by atoms with Gasteiger partial charge in [-0.05, 0) is 72.8 Å². The standard InChI is InChI=1S/C38H24N6O4S/c45-32-19-22(13-16-25(32)37-39-29-9-3-5-11-35(29)48-37)43(23-14-17-26(33(46)20-23)38-40-30-10-4-6-12-36(30)49-38)24-15-18-31(34(47)21-24)44-41-27-7-1-2-8-28(27)42-44/h1-21,45-47H. The molecule has 0 saturated carbocycles. The topological polar surface area (TPSA) is 134 Å².